The molecule has 3 heterocycles. The van der Waals surface area contributed by atoms with Crippen molar-refractivity contribution in [3.8, 4) is 11.6 Å². The summed E-state index contributed by atoms with van der Waals surface area (Å²) in [4.78, 5) is 13.0. The van der Waals surface area contributed by atoms with Gasteiger partial charge in [-0.05, 0) is 36.3 Å². The zero-order valence-electron chi connectivity index (χ0n) is 18.5. The third kappa shape index (κ3) is 4.73. The summed E-state index contributed by atoms with van der Waals surface area (Å²) in [6.45, 7) is 4.17. The van der Waals surface area contributed by atoms with Gasteiger partial charge in [0.05, 0.1) is 18.0 Å². The summed E-state index contributed by atoms with van der Waals surface area (Å²) < 4.78 is 13.3. The van der Waals surface area contributed by atoms with E-state index in [2.05, 4.69) is 46.0 Å². The van der Waals surface area contributed by atoms with Gasteiger partial charge in [0.15, 0.2) is 10.9 Å². The molecule has 0 saturated carbocycles. The number of thioether (sulfide) groups is 1. The molecule has 0 unspecified atom stereocenters. The van der Waals surface area contributed by atoms with Crippen LogP contribution in [0.2, 0.25) is 0 Å². The fourth-order valence-electron chi connectivity index (χ4n) is 2.95. The number of amides is 1. The summed E-state index contributed by atoms with van der Waals surface area (Å²) in [6.07, 6.45) is 1.57. The second kappa shape index (κ2) is 10.1. The Morgan fingerprint density at radius 2 is 2.12 bits per heavy atom. The van der Waals surface area contributed by atoms with Crippen LogP contribution in [0.15, 0.2) is 45.5 Å². The number of rotatable bonds is 9. The fraction of sp³-hybridized carbons (Fsp3) is 0.263. The minimum absolute atomic E-state index is 0.00293. The Morgan fingerprint density at radius 3 is 2.82 bits per heavy atom. The second-order valence-electron chi connectivity index (χ2n) is 6.85. The average molecular weight is 484 g/mol. The van der Waals surface area contributed by atoms with Crippen molar-refractivity contribution in [2.45, 2.75) is 24.8 Å². The van der Waals surface area contributed by atoms with E-state index in [1.54, 1.807) is 17.8 Å². The molecule has 4 aromatic rings. The highest BCUT2D eigenvalue weighted by Gasteiger charge is 2.24. The van der Waals surface area contributed by atoms with Crippen LogP contribution in [0.25, 0.3) is 5.82 Å². The van der Waals surface area contributed by atoms with Gasteiger partial charge in [0.25, 0.3) is 5.91 Å². The van der Waals surface area contributed by atoms with Gasteiger partial charge in [-0.15, -0.1) is 15.3 Å². The molecule has 0 aliphatic heterocycles. The molecule has 0 aliphatic rings. The number of para-hydroxylation sites is 1. The lowest BCUT2D eigenvalue weighted by molar-refractivity contribution is 0.0949. The van der Waals surface area contributed by atoms with E-state index in [0.717, 1.165) is 5.56 Å². The van der Waals surface area contributed by atoms with Crippen LogP contribution in [0.5, 0.6) is 5.75 Å². The number of aromatic nitrogens is 8. The number of aryl methyl sites for hydroxylation is 1. The molecular formula is C19H21N11O3S. The first-order chi connectivity index (χ1) is 16.5. The van der Waals surface area contributed by atoms with Gasteiger partial charge < -0.3 is 15.0 Å². The summed E-state index contributed by atoms with van der Waals surface area (Å²) in [5, 5.41) is 28.1. The Labute approximate surface area is 197 Å². The number of nitrogens with one attached hydrogen (secondary N) is 1. The Morgan fingerprint density at radius 1 is 1.29 bits per heavy atom. The van der Waals surface area contributed by atoms with E-state index >= 15 is 0 Å². The zero-order chi connectivity index (χ0) is 24.1. The number of anilines is 1. The van der Waals surface area contributed by atoms with E-state index in [4.69, 9.17) is 10.5 Å². The molecule has 0 fully saturated rings. The molecular weight excluding hydrogens is 462 g/mol. The van der Waals surface area contributed by atoms with Crippen LogP contribution < -0.4 is 15.9 Å². The highest BCUT2D eigenvalue weighted by molar-refractivity contribution is 7.98. The molecule has 1 amide bonds. The van der Waals surface area contributed by atoms with E-state index in [0.29, 0.717) is 28.9 Å². The van der Waals surface area contributed by atoms with Crippen LogP contribution in [-0.4, -0.2) is 58.3 Å². The third-order valence-electron chi connectivity index (χ3n) is 4.58. The van der Waals surface area contributed by atoms with Crippen LogP contribution in [0.4, 0.5) is 5.82 Å². The number of benzene rings is 1. The van der Waals surface area contributed by atoms with Gasteiger partial charge >= 0.3 is 0 Å². The Hall–Kier alpha value is -4.27. The third-order valence-corrected chi connectivity index (χ3v) is 5.63. The largest absolute Gasteiger partial charge is 0.493 e. The SMILES string of the molecule is CCOc1ccccc1/C(C)=N\NC(=O)c1nnn(-c2nonc2N)c1CSc1nncn1C. The van der Waals surface area contributed by atoms with Crippen molar-refractivity contribution in [3.05, 3.63) is 47.5 Å². The molecule has 0 spiro atoms. The van der Waals surface area contributed by atoms with E-state index in [1.807, 2.05) is 38.2 Å². The molecule has 0 atom stereocenters. The van der Waals surface area contributed by atoms with Crippen LogP contribution in [0.1, 0.15) is 35.6 Å². The number of hydrogen-bond acceptors (Lipinski definition) is 12. The molecule has 0 bridgehead atoms. The smallest absolute Gasteiger partial charge is 0.293 e. The Bertz CT molecular complexity index is 1330. The normalized spacial score (nSPS) is 11.6. The molecule has 0 aliphatic carbocycles. The first-order valence-electron chi connectivity index (χ1n) is 10.1. The van der Waals surface area contributed by atoms with Gasteiger partial charge in [-0.2, -0.15) is 9.78 Å². The summed E-state index contributed by atoms with van der Waals surface area (Å²) >= 11 is 1.33. The van der Waals surface area contributed by atoms with Crippen molar-refractivity contribution in [1.82, 2.24) is 45.5 Å². The number of hydrazone groups is 1. The van der Waals surface area contributed by atoms with Crippen molar-refractivity contribution < 1.29 is 14.2 Å². The van der Waals surface area contributed by atoms with E-state index in [9.17, 15) is 4.79 Å². The van der Waals surface area contributed by atoms with Crippen LogP contribution in [-0.2, 0) is 12.8 Å². The van der Waals surface area contributed by atoms with Gasteiger partial charge in [-0.1, -0.05) is 29.1 Å². The predicted octanol–water partition coefficient (Wildman–Crippen LogP) is 1.21. The number of nitrogens with two attached hydrogens (primary N) is 1. The molecule has 3 aromatic heterocycles. The van der Waals surface area contributed by atoms with Crippen molar-refractivity contribution in [2.24, 2.45) is 12.1 Å². The maximum absolute atomic E-state index is 13.0. The highest BCUT2D eigenvalue weighted by Crippen LogP contribution is 2.24. The van der Waals surface area contributed by atoms with E-state index in [-0.39, 0.29) is 23.1 Å². The summed E-state index contributed by atoms with van der Waals surface area (Å²) in [6, 6.07) is 7.42. The molecule has 1 aromatic carbocycles. The van der Waals surface area contributed by atoms with E-state index < -0.39 is 5.91 Å². The van der Waals surface area contributed by atoms with Gasteiger partial charge in [0.2, 0.25) is 11.6 Å². The first kappa shape index (κ1) is 22.9. The lowest BCUT2D eigenvalue weighted by Crippen LogP contribution is -2.21. The minimum atomic E-state index is -0.567. The standard InChI is InChI=1S/C19H21N11O3S/c1-4-32-14-8-6-5-7-12(14)11(2)22-24-18(31)15-13(9-34-19-25-21-10-29(19)3)30(28-23-15)17-16(20)26-33-27-17/h5-8,10H,4,9H2,1-3H3,(H2,20,26)(H,24,31)/b22-11-. The summed E-state index contributed by atoms with van der Waals surface area (Å²) in [5.41, 5.74) is 10.1. The van der Waals surface area contributed by atoms with Crippen molar-refractivity contribution >= 4 is 29.2 Å². The topological polar surface area (TPSA) is 177 Å². The number of carbonyl (C=O) groups excluding carboxylic acids is 1. The average Bonchev–Trinajstić information content (AvgIpc) is 3.56. The highest BCUT2D eigenvalue weighted by atomic mass is 32.2. The lowest BCUT2D eigenvalue weighted by Gasteiger charge is -2.09. The monoisotopic (exact) mass is 483 g/mol. The number of ether oxygens (including phenoxy) is 1. The van der Waals surface area contributed by atoms with Crippen molar-refractivity contribution in [1.29, 1.82) is 0 Å². The van der Waals surface area contributed by atoms with Crippen molar-refractivity contribution in [2.75, 3.05) is 12.3 Å². The van der Waals surface area contributed by atoms with E-state index in [1.165, 1.54) is 16.4 Å². The summed E-state index contributed by atoms with van der Waals surface area (Å²) in [7, 11) is 1.81. The number of carbonyl (C=O) groups is 1. The Kier molecular flexibility index (Phi) is 6.82. The number of hydrogen-bond donors (Lipinski definition) is 2. The molecule has 176 valence electrons. The Balaban J connectivity index is 1.61. The van der Waals surface area contributed by atoms with Crippen LogP contribution >= 0.6 is 11.8 Å². The fourth-order valence-corrected chi connectivity index (χ4v) is 3.83. The van der Waals surface area contributed by atoms with Gasteiger partial charge in [0, 0.05) is 18.4 Å². The molecule has 3 N–H and O–H groups in total. The molecule has 4 rings (SSSR count). The number of nitrogen functional groups attached to an aromatic ring is 1. The zero-order valence-corrected chi connectivity index (χ0v) is 19.4. The van der Waals surface area contributed by atoms with Crippen molar-refractivity contribution in [3.63, 3.8) is 0 Å². The maximum Gasteiger partial charge on any atom is 0.293 e. The molecule has 14 nitrogen and oxygen atoms in total. The molecule has 0 radical (unpaired) electrons. The molecule has 34 heavy (non-hydrogen) atoms. The number of nitrogens with zero attached hydrogens (tertiary/aromatic N) is 9. The van der Waals surface area contributed by atoms with Gasteiger partial charge in [-0.3, -0.25) is 4.79 Å². The minimum Gasteiger partial charge on any atom is -0.493 e. The summed E-state index contributed by atoms with van der Waals surface area (Å²) in [5.74, 6) is 0.475. The second-order valence-corrected chi connectivity index (χ2v) is 7.79. The van der Waals surface area contributed by atoms with Crippen LogP contribution in [0.3, 0.4) is 0 Å². The molecule has 0 saturated heterocycles. The quantitative estimate of drug-likeness (QED) is 0.199. The lowest BCUT2D eigenvalue weighted by atomic mass is 10.1. The van der Waals surface area contributed by atoms with Gasteiger partial charge in [0.1, 0.15) is 12.1 Å². The maximum atomic E-state index is 13.0. The van der Waals surface area contributed by atoms with Gasteiger partial charge in [-0.25, -0.2) is 10.1 Å². The predicted molar refractivity (Wildman–Crippen MR) is 121 cm³/mol. The molecule has 15 heteroatoms. The van der Waals surface area contributed by atoms with Crippen LogP contribution in [0, 0.1) is 0 Å². The first-order valence-corrected chi connectivity index (χ1v) is 11.0.